The summed E-state index contributed by atoms with van der Waals surface area (Å²) in [6.07, 6.45) is 5.44. The Bertz CT molecular complexity index is 974. The van der Waals surface area contributed by atoms with Gasteiger partial charge in [0.2, 0.25) is 0 Å². The van der Waals surface area contributed by atoms with Gasteiger partial charge >= 0.3 is 0 Å². The lowest BCUT2D eigenvalue weighted by Gasteiger charge is -2.12. The van der Waals surface area contributed by atoms with Gasteiger partial charge in [-0.1, -0.05) is 42.3 Å². The molecule has 0 aromatic heterocycles. The minimum atomic E-state index is -0.350. The van der Waals surface area contributed by atoms with Gasteiger partial charge in [-0.2, -0.15) is 0 Å². The van der Waals surface area contributed by atoms with E-state index in [0.717, 1.165) is 0 Å². The van der Waals surface area contributed by atoms with Gasteiger partial charge in [0.05, 0.1) is 11.3 Å². The highest BCUT2D eigenvalue weighted by atomic mass is 16.2. The molecule has 0 aliphatic carbocycles. The lowest BCUT2D eigenvalue weighted by molar-refractivity contribution is 0.102. The molecule has 0 heterocycles. The molecule has 0 aliphatic heterocycles. The Morgan fingerprint density at radius 3 is 2.08 bits per heavy atom. The van der Waals surface area contributed by atoms with Gasteiger partial charge in [0.1, 0.15) is 0 Å². The maximum absolute atomic E-state index is 12.7. The van der Waals surface area contributed by atoms with Crippen molar-refractivity contribution in [2.75, 3.05) is 10.6 Å². The zero-order chi connectivity index (χ0) is 18.4. The van der Waals surface area contributed by atoms with Crippen molar-refractivity contribution < 1.29 is 9.59 Å². The molecule has 2 N–H and O–H groups in total. The van der Waals surface area contributed by atoms with E-state index in [1.54, 1.807) is 54.6 Å². The first-order chi connectivity index (χ1) is 12.7. The molecular formula is C22H16N2O2. The molecule has 0 aliphatic rings. The number of carbonyl (C=O) groups is 2. The lowest BCUT2D eigenvalue weighted by atomic mass is 10.1. The number of terminal acetylenes is 1. The summed E-state index contributed by atoms with van der Waals surface area (Å²) in [6, 6.07) is 22.8. The molecule has 3 aromatic rings. The van der Waals surface area contributed by atoms with Crippen molar-refractivity contribution in [1.82, 2.24) is 0 Å². The van der Waals surface area contributed by atoms with E-state index in [4.69, 9.17) is 6.42 Å². The quantitative estimate of drug-likeness (QED) is 0.700. The molecule has 0 bridgehead atoms. The molecule has 3 rings (SSSR count). The first-order valence-corrected chi connectivity index (χ1v) is 8.01. The molecule has 0 radical (unpaired) electrons. The predicted octanol–water partition coefficient (Wildman–Crippen LogP) is 4.17. The predicted molar refractivity (Wildman–Crippen MR) is 103 cm³/mol. The number of nitrogens with one attached hydrogen (secondary N) is 2. The van der Waals surface area contributed by atoms with Crippen LogP contribution in [0.25, 0.3) is 0 Å². The van der Waals surface area contributed by atoms with Crippen LogP contribution in [0.4, 0.5) is 11.4 Å². The molecule has 4 nitrogen and oxygen atoms in total. The summed E-state index contributed by atoms with van der Waals surface area (Å²) in [5.41, 5.74) is 2.41. The summed E-state index contributed by atoms with van der Waals surface area (Å²) >= 11 is 0. The van der Waals surface area contributed by atoms with E-state index in [-0.39, 0.29) is 11.8 Å². The number of amides is 2. The van der Waals surface area contributed by atoms with E-state index >= 15 is 0 Å². The molecule has 4 heteroatoms. The largest absolute Gasteiger partial charge is 0.322 e. The maximum atomic E-state index is 12.7. The molecular weight excluding hydrogens is 324 g/mol. The van der Waals surface area contributed by atoms with Crippen LogP contribution in [0.5, 0.6) is 0 Å². The molecule has 3 aromatic carbocycles. The Hall–Kier alpha value is -3.84. The van der Waals surface area contributed by atoms with E-state index in [1.165, 1.54) is 0 Å². The number of carbonyl (C=O) groups excluding carboxylic acids is 2. The van der Waals surface area contributed by atoms with Crippen LogP contribution >= 0.6 is 0 Å². The van der Waals surface area contributed by atoms with Crippen molar-refractivity contribution in [1.29, 1.82) is 0 Å². The molecule has 0 spiro atoms. The zero-order valence-corrected chi connectivity index (χ0v) is 13.9. The van der Waals surface area contributed by atoms with Gasteiger partial charge in [-0.25, -0.2) is 0 Å². The van der Waals surface area contributed by atoms with Crippen molar-refractivity contribution in [2.24, 2.45) is 0 Å². The van der Waals surface area contributed by atoms with Crippen LogP contribution in [0.3, 0.4) is 0 Å². The number of hydrogen-bond donors (Lipinski definition) is 2. The maximum Gasteiger partial charge on any atom is 0.257 e. The second kappa shape index (κ2) is 7.82. The molecule has 0 unspecified atom stereocenters. The molecule has 26 heavy (non-hydrogen) atoms. The third-order valence-corrected chi connectivity index (χ3v) is 3.75. The van der Waals surface area contributed by atoms with E-state index in [2.05, 4.69) is 16.6 Å². The summed E-state index contributed by atoms with van der Waals surface area (Å²) < 4.78 is 0. The fourth-order valence-corrected chi connectivity index (χ4v) is 2.43. The molecule has 2 amide bonds. The first kappa shape index (κ1) is 17.0. The van der Waals surface area contributed by atoms with Crippen LogP contribution in [-0.4, -0.2) is 11.8 Å². The van der Waals surface area contributed by atoms with Crippen LogP contribution in [0.15, 0.2) is 78.9 Å². The van der Waals surface area contributed by atoms with Crippen molar-refractivity contribution in [3.05, 3.63) is 95.6 Å². The smallest absolute Gasteiger partial charge is 0.257 e. The van der Waals surface area contributed by atoms with Crippen molar-refractivity contribution in [2.45, 2.75) is 0 Å². The topological polar surface area (TPSA) is 58.2 Å². The van der Waals surface area contributed by atoms with Crippen LogP contribution in [0, 0.1) is 12.3 Å². The standard InChI is InChI=1S/C22H16N2O2/c1-2-16-13-14-20(24-21(25)17-9-5-3-6-10-17)19(15-16)22(26)23-18-11-7-4-8-12-18/h1,3-15H,(H,23,26)(H,24,25). The normalized spacial score (nSPS) is 9.81. The van der Waals surface area contributed by atoms with Crippen molar-refractivity contribution >= 4 is 23.2 Å². The van der Waals surface area contributed by atoms with E-state index in [1.807, 2.05) is 24.3 Å². The van der Waals surface area contributed by atoms with Gasteiger partial charge in [-0.3, -0.25) is 9.59 Å². The third-order valence-electron chi connectivity index (χ3n) is 3.75. The van der Waals surface area contributed by atoms with Crippen molar-refractivity contribution in [3.8, 4) is 12.3 Å². The Morgan fingerprint density at radius 2 is 1.42 bits per heavy atom. The number of benzene rings is 3. The van der Waals surface area contributed by atoms with Crippen LogP contribution in [-0.2, 0) is 0 Å². The minimum absolute atomic E-state index is 0.298. The Kier molecular flexibility index (Phi) is 5.11. The van der Waals surface area contributed by atoms with Gasteiger partial charge in [0.25, 0.3) is 11.8 Å². The fourth-order valence-electron chi connectivity index (χ4n) is 2.43. The number of anilines is 2. The second-order valence-corrected chi connectivity index (χ2v) is 5.54. The Balaban J connectivity index is 1.89. The summed E-state index contributed by atoms with van der Waals surface area (Å²) in [5, 5.41) is 5.58. The summed E-state index contributed by atoms with van der Waals surface area (Å²) in [4.78, 5) is 25.1. The highest BCUT2D eigenvalue weighted by Crippen LogP contribution is 2.20. The van der Waals surface area contributed by atoms with E-state index in [0.29, 0.717) is 28.1 Å². The van der Waals surface area contributed by atoms with E-state index in [9.17, 15) is 9.59 Å². The minimum Gasteiger partial charge on any atom is -0.322 e. The number of rotatable bonds is 4. The van der Waals surface area contributed by atoms with Crippen LogP contribution < -0.4 is 10.6 Å². The Morgan fingerprint density at radius 1 is 0.769 bits per heavy atom. The molecule has 0 saturated heterocycles. The lowest BCUT2D eigenvalue weighted by Crippen LogP contribution is -2.18. The first-order valence-electron chi connectivity index (χ1n) is 8.01. The fraction of sp³-hybridized carbons (Fsp3) is 0. The second-order valence-electron chi connectivity index (χ2n) is 5.54. The average molecular weight is 340 g/mol. The van der Waals surface area contributed by atoms with Crippen molar-refractivity contribution in [3.63, 3.8) is 0 Å². The van der Waals surface area contributed by atoms with Gasteiger partial charge in [0.15, 0.2) is 0 Å². The number of hydrogen-bond acceptors (Lipinski definition) is 2. The Labute approximate surface area is 151 Å². The summed E-state index contributed by atoms with van der Waals surface area (Å²) in [5.74, 6) is 1.86. The summed E-state index contributed by atoms with van der Waals surface area (Å²) in [7, 11) is 0. The zero-order valence-electron chi connectivity index (χ0n) is 13.9. The molecule has 0 atom stereocenters. The highest BCUT2D eigenvalue weighted by molar-refractivity contribution is 6.12. The van der Waals surface area contributed by atoms with Crippen LogP contribution in [0.1, 0.15) is 26.3 Å². The molecule has 0 saturated carbocycles. The molecule has 0 fully saturated rings. The highest BCUT2D eigenvalue weighted by Gasteiger charge is 2.15. The van der Waals surface area contributed by atoms with E-state index < -0.39 is 0 Å². The molecule has 126 valence electrons. The van der Waals surface area contributed by atoms with Gasteiger partial charge in [-0.05, 0) is 42.5 Å². The average Bonchev–Trinajstić information content (AvgIpc) is 2.69. The van der Waals surface area contributed by atoms with Gasteiger partial charge < -0.3 is 10.6 Å². The van der Waals surface area contributed by atoms with Crippen LogP contribution in [0.2, 0.25) is 0 Å². The SMILES string of the molecule is C#Cc1ccc(NC(=O)c2ccccc2)c(C(=O)Nc2ccccc2)c1. The monoisotopic (exact) mass is 340 g/mol. The number of para-hydroxylation sites is 1. The third kappa shape index (κ3) is 3.97. The van der Waals surface area contributed by atoms with Gasteiger partial charge in [-0.15, -0.1) is 6.42 Å². The van der Waals surface area contributed by atoms with Gasteiger partial charge in [0, 0.05) is 16.8 Å². The summed E-state index contributed by atoms with van der Waals surface area (Å²) in [6.45, 7) is 0.